The molecule has 150 heavy (non-hydrogen) atoms. The summed E-state index contributed by atoms with van der Waals surface area (Å²) in [5, 5.41) is 22.3. The predicted molar refractivity (Wildman–Crippen MR) is 645 cm³/mol. The number of hydrogen-bond acceptors (Lipinski definition) is 8. The monoisotopic (exact) mass is 1970 g/mol. The Labute approximate surface area is 879 Å². The molecule has 0 fully saturated rings. The molecule has 8 heteroatoms. The maximum atomic E-state index is 6.35. The predicted octanol–water partition coefficient (Wildman–Crippen LogP) is 42.7. The summed E-state index contributed by atoms with van der Waals surface area (Å²) in [5.74, 6) is 0. The number of benzene rings is 25. The number of thiophene rings is 3. The van der Waals surface area contributed by atoms with Crippen molar-refractivity contribution in [3.8, 4) is 77.9 Å². The Morgan fingerprint density at radius 3 is 0.893 bits per heavy atom. The highest BCUT2D eigenvalue weighted by Crippen LogP contribution is 2.53. The van der Waals surface area contributed by atoms with Gasteiger partial charge in [-0.25, -0.2) is 0 Å². The van der Waals surface area contributed by atoms with E-state index >= 15 is 0 Å². The molecule has 0 bridgehead atoms. The number of fused-ring (bicyclic) bond motifs is 19. The minimum absolute atomic E-state index is 0.855. The Kier molecular flexibility index (Phi) is 22.5. The number of anilines is 9. The standard InChI is InChI=1S/C50H33NS.C46H29NO2.C46H29NS2/c1-2-11-35(12-3-1)47-31-38-14-4-5-15-39(38)32-48(47)37-23-27-41(28-24-37)51(42-29-30-46-45-18-8-9-20-49(45)52-50(46)33-42)40-25-21-36(22-26-40)44-19-10-16-34-13-6-7-17-43(34)44;1-2-11-32(12-3-1)46-36-13-5-4-10-30(36)20-25-37(46)31-18-21-33(22-19-31)47(34-23-26-40-38-14-6-8-16-42(38)48-44(40)28-34)35-24-27-41-39-15-7-9-17-43(39)49-45(41)29-35;1-2-12-30(13-3-1)39-28-32-14-4-5-15-33(32)29-40(39)31-24-26-34(27-25-31)47(41-20-10-18-37-35-16-6-8-22-43(35)48-45(37)41)42-21-11-19-38-36-17-7-9-23-44(36)49-46(38)42/h1-33H;2*1-29H. The first-order valence-electron chi connectivity index (χ1n) is 50.9. The van der Waals surface area contributed by atoms with Crippen LogP contribution in [0, 0.1) is 0 Å². The van der Waals surface area contributed by atoms with Gasteiger partial charge in [0.05, 0.1) is 20.8 Å². The Morgan fingerprint density at radius 1 is 0.140 bits per heavy atom. The average molecular weight is 1970 g/mol. The van der Waals surface area contributed by atoms with E-state index in [9.17, 15) is 0 Å². The van der Waals surface area contributed by atoms with Crippen LogP contribution in [0.2, 0.25) is 0 Å². The first-order chi connectivity index (χ1) is 74.3. The molecular formula is C142H91N3O2S3. The summed E-state index contributed by atoms with van der Waals surface area (Å²) in [6, 6.07) is 199. The smallest absolute Gasteiger partial charge is 0.137 e. The number of hydrogen-bond donors (Lipinski definition) is 0. The van der Waals surface area contributed by atoms with Gasteiger partial charge in [-0.1, -0.05) is 388 Å². The molecule has 0 spiro atoms. The quantitative estimate of drug-likeness (QED) is 0.0963. The highest BCUT2D eigenvalue weighted by molar-refractivity contribution is 7.27. The van der Waals surface area contributed by atoms with Gasteiger partial charge in [-0.3, -0.25) is 0 Å². The van der Waals surface area contributed by atoms with Crippen molar-refractivity contribution in [1.29, 1.82) is 0 Å². The van der Waals surface area contributed by atoms with Gasteiger partial charge in [0.1, 0.15) is 22.3 Å². The molecule has 5 aromatic heterocycles. The minimum Gasteiger partial charge on any atom is -0.456 e. The third kappa shape index (κ3) is 16.2. The summed E-state index contributed by atoms with van der Waals surface area (Å²) in [7, 11) is 0. The average Bonchev–Trinajstić information content (AvgIpc) is 1.58. The lowest BCUT2D eigenvalue weighted by Crippen LogP contribution is -2.10. The maximum absolute atomic E-state index is 6.35. The molecule has 30 rings (SSSR count). The van der Waals surface area contributed by atoms with Crippen LogP contribution in [-0.4, -0.2) is 0 Å². The summed E-state index contributed by atoms with van der Waals surface area (Å²) in [6.07, 6.45) is 0. The lowest BCUT2D eigenvalue weighted by atomic mass is 9.90. The van der Waals surface area contributed by atoms with Crippen molar-refractivity contribution in [1.82, 2.24) is 0 Å². The van der Waals surface area contributed by atoms with Crippen molar-refractivity contribution in [2.75, 3.05) is 14.7 Å². The number of para-hydroxylation sites is 2. The van der Waals surface area contributed by atoms with Gasteiger partial charge in [0.25, 0.3) is 0 Å². The molecule has 0 unspecified atom stereocenters. The molecular weight excluding hydrogens is 1880 g/mol. The van der Waals surface area contributed by atoms with Crippen molar-refractivity contribution < 1.29 is 8.83 Å². The van der Waals surface area contributed by atoms with E-state index in [1.807, 2.05) is 58.3 Å². The summed E-state index contributed by atoms with van der Waals surface area (Å²) < 4.78 is 20.5. The summed E-state index contributed by atoms with van der Waals surface area (Å²) in [6.45, 7) is 0. The van der Waals surface area contributed by atoms with E-state index in [0.29, 0.717) is 0 Å². The molecule has 0 aliphatic rings. The van der Waals surface area contributed by atoms with E-state index in [4.69, 9.17) is 8.83 Å². The van der Waals surface area contributed by atoms with E-state index in [0.717, 1.165) is 89.3 Å². The second-order valence-electron chi connectivity index (χ2n) is 38.4. The Bertz CT molecular complexity index is 10200. The van der Waals surface area contributed by atoms with Crippen LogP contribution >= 0.6 is 34.0 Å². The minimum atomic E-state index is 0.855. The molecule has 0 aliphatic heterocycles. The van der Waals surface area contributed by atoms with Gasteiger partial charge in [-0.2, -0.15) is 0 Å². The van der Waals surface area contributed by atoms with Crippen molar-refractivity contribution >= 4 is 233 Å². The lowest BCUT2D eigenvalue weighted by Gasteiger charge is -2.27. The van der Waals surface area contributed by atoms with Gasteiger partial charge in [-0.15, -0.1) is 34.0 Å². The van der Waals surface area contributed by atoms with E-state index in [1.165, 1.54) is 187 Å². The van der Waals surface area contributed by atoms with Gasteiger partial charge in [0, 0.05) is 125 Å². The third-order valence-corrected chi connectivity index (χ3v) is 33.1. The van der Waals surface area contributed by atoms with Gasteiger partial charge in [-0.05, 0) is 273 Å². The van der Waals surface area contributed by atoms with Crippen molar-refractivity contribution in [3.05, 3.63) is 552 Å². The maximum Gasteiger partial charge on any atom is 0.137 e. The van der Waals surface area contributed by atoms with Gasteiger partial charge >= 0.3 is 0 Å². The molecule has 0 radical (unpaired) electrons. The topological polar surface area (TPSA) is 36.0 Å². The molecule has 5 heterocycles. The van der Waals surface area contributed by atoms with Crippen molar-refractivity contribution in [2.24, 2.45) is 0 Å². The number of nitrogens with zero attached hydrogens (tertiary/aromatic N) is 3. The summed E-state index contributed by atoms with van der Waals surface area (Å²) in [5.41, 5.74) is 30.5. The number of furan rings is 2. The van der Waals surface area contributed by atoms with Crippen LogP contribution in [0.1, 0.15) is 0 Å². The van der Waals surface area contributed by atoms with E-state index in [2.05, 4.69) is 542 Å². The zero-order valence-corrected chi connectivity index (χ0v) is 83.9. The molecule has 0 amide bonds. The van der Waals surface area contributed by atoms with Crippen molar-refractivity contribution in [2.45, 2.75) is 0 Å². The van der Waals surface area contributed by atoms with Crippen LogP contribution in [0.25, 0.3) is 225 Å². The van der Waals surface area contributed by atoms with E-state index in [1.54, 1.807) is 0 Å². The molecule has 0 N–H and O–H groups in total. The normalized spacial score (nSPS) is 11.6. The highest BCUT2D eigenvalue weighted by Gasteiger charge is 2.27. The second-order valence-corrected chi connectivity index (χ2v) is 41.5. The lowest BCUT2D eigenvalue weighted by molar-refractivity contribution is 0.669. The molecule has 0 saturated heterocycles. The fourth-order valence-corrected chi connectivity index (χ4v) is 26.0. The zero-order chi connectivity index (χ0) is 99.1. The molecule has 5 nitrogen and oxygen atoms in total. The van der Waals surface area contributed by atoms with Crippen molar-refractivity contribution in [3.63, 3.8) is 0 Å². The van der Waals surface area contributed by atoms with Crippen LogP contribution in [0.5, 0.6) is 0 Å². The van der Waals surface area contributed by atoms with Gasteiger partial charge in [0.2, 0.25) is 0 Å². The first-order valence-corrected chi connectivity index (χ1v) is 53.4. The summed E-state index contributed by atoms with van der Waals surface area (Å²) in [4.78, 5) is 7.15. The van der Waals surface area contributed by atoms with Gasteiger partial charge < -0.3 is 23.5 Å². The fraction of sp³-hybridized carbons (Fsp3) is 0. The largest absolute Gasteiger partial charge is 0.456 e. The fourth-order valence-electron chi connectivity index (χ4n) is 22.4. The highest BCUT2D eigenvalue weighted by atomic mass is 32.1. The second kappa shape index (κ2) is 38.0. The SMILES string of the molecule is c1ccc(-c2c(-c3ccc(N(c4ccc5c(c4)oc4ccccc45)c4ccc5c(c4)oc4ccccc45)cc3)ccc3ccccc23)cc1.c1ccc(-c2cc3ccccc3cc2-c2ccc(N(c3ccc(-c4cccc5ccccc45)cc3)c3ccc4c(c3)sc3ccccc34)cc2)cc1.c1ccc(-c2cc3ccccc3cc2-c2ccc(N(c3cccc4c3sc3ccccc34)c3cccc4c3sc3ccccc34)cc2)cc1. The van der Waals surface area contributed by atoms with Crippen LogP contribution in [0.3, 0.4) is 0 Å². The van der Waals surface area contributed by atoms with Crippen LogP contribution in [0.4, 0.5) is 51.2 Å². The Hall–Kier alpha value is -18.8. The van der Waals surface area contributed by atoms with Crippen LogP contribution < -0.4 is 14.7 Å². The number of rotatable bonds is 16. The molecule has 0 aliphatic carbocycles. The molecule has 0 saturated carbocycles. The molecule has 0 atom stereocenters. The van der Waals surface area contributed by atoms with E-state index < -0.39 is 0 Å². The third-order valence-electron chi connectivity index (χ3n) is 29.6. The van der Waals surface area contributed by atoms with E-state index in [-0.39, 0.29) is 0 Å². The van der Waals surface area contributed by atoms with Gasteiger partial charge in [0.15, 0.2) is 0 Å². The van der Waals surface area contributed by atoms with Crippen LogP contribution in [-0.2, 0) is 0 Å². The summed E-state index contributed by atoms with van der Waals surface area (Å²) >= 11 is 5.62. The first kappa shape index (κ1) is 88.9. The zero-order valence-electron chi connectivity index (χ0n) is 81.4. The molecule has 25 aromatic carbocycles. The Balaban J connectivity index is 0.000000108. The Morgan fingerprint density at radius 2 is 0.433 bits per heavy atom. The van der Waals surface area contributed by atoms with Crippen LogP contribution in [0.15, 0.2) is 561 Å². The molecule has 704 valence electrons. The molecule has 30 aromatic rings.